The van der Waals surface area contributed by atoms with E-state index < -0.39 is 0 Å². The summed E-state index contributed by atoms with van der Waals surface area (Å²) in [6, 6.07) is 7.37. The zero-order valence-corrected chi connectivity index (χ0v) is 17.2. The Labute approximate surface area is 168 Å². The fraction of sp³-hybridized carbons (Fsp3) is 0.636. The van der Waals surface area contributed by atoms with Gasteiger partial charge in [0, 0.05) is 11.4 Å². The molecule has 2 fully saturated rings. The van der Waals surface area contributed by atoms with Crippen molar-refractivity contribution in [2.45, 2.75) is 39.5 Å². The minimum atomic E-state index is 0.0191. The zero-order valence-electron chi connectivity index (χ0n) is 17.2. The molecule has 2 amide bonds. The van der Waals surface area contributed by atoms with Crippen molar-refractivity contribution < 1.29 is 9.59 Å². The van der Waals surface area contributed by atoms with Crippen LogP contribution in [-0.4, -0.2) is 60.9 Å². The Kier molecular flexibility index (Phi) is 7.45. The Balaban J connectivity index is 1.40. The van der Waals surface area contributed by atoms with E-state index in [1.54, 1.807) is 0 Å². The second-order valence-corrected chi connectivity index (χ2v) is 8.59. The summed E-state index contributed by atoms with van der Waals surface area (Å²) in [6.07, 6.45) is 4.66. The number of rotatable bonds is 6. The van der Waals surface area contributed by atoms with Gasteiger partial charge in [-0.2, -0.15) is 0 Å². The maximum absolute atomic E-state index is 12.2. The first-order valence-corrected chi connectivity index (χ1v) is 10.6. The van der Waals surface area contributed by atoms with Crippen molar-refractivity contribution in [2.75, 3.05) is 49.9 Å². The van der Waals surface area contributed by atoms with Gasteiger partial charge in [-0.05, 0) is 88.0 Å². The Hall–Kier alpha value is -1.92. The van der Waals surface area contributed by atoms with Crippen LogP contribution in [0, 0.1) is 11.8 Å². The van der Waals surface area contributed by atoms with Crippen molar-refractivity contribution in [3.63, 3.8) is 0 Å². The Morgan fingerprint density at radius 1 is 0.750 bits per heavy atom. The molecule has 0 saturated carbocycles. The lowest BCUT2D eigenvalue weighted by Gasteiger charge is -2.29. The quantitative estimate of drug-likeness (QED) is 0.789. The second-order valence-electron chi connectivity index (χ2n) is 8.59. The van der Waals surface area contributed by atoms with Gasteiger partial charge in [-0.3, -0.25) is 19.4 Å². The summed E-state index contributed by atoms with van der Waals surface area (Å²) in [7, 11) is 0. The van der Waals surface area contributed by atoms with Crippen molar-refractivity contribution in [1.82, 2.24) is 9.80 Å². The van der Waals surface area contributed by atoms with Gasteiger partial charge in [0.15, 0.2) is 0 Å². The van der Waals surface area contributed by atoms with E-state index in [9.17, 15) is 9.59 Å². The van der Waals surface area contributed by atoms with Crippen LogP contribution in [0.25, 0.3) is 0 Å². The monoisotopic (exact) mass is 386 g/mol. The van der Waals surface area contributed by atoms with E-state index in [4.69, 9.17) is 0 Å². The van der Waals surface area contributed by atoms with Gasteiger partial charge in [0.1, 0.15) is 0 Å². The van der Waals surface area contributed by atoms with Crippen molar-refractivity contribution in [3.8, 4) is 0 Å². The van der Waals surface area contributed by atoms with Gasteiger partial charge >= 0.3 is 0 Å². The molecule has 0 bridgehead atoms. The van der Waals surface area contributed by atoms with Gasteiger partial charge in [-0.15, -0.1) is 0 Å². The average Bonchev–Trinajstić information content (AvgIpc) is 2.67. The van der Waals surface area contributed by atoms with E-state index in [1.807, 2.05) is 24.3 Å². The average molecular weight is 387 g/mol. The summed E-state index contributed by atoms with van der Waals surface area (Å²) in [6.45, 7) is 9.41. The van der Waals surface area contributed by atoms with E-state index in [1.165, 1.54) is 0 Å². The molecule has 6 heteroatoms. The molecule has 0 unspecified atom stereocenters. The van der Waals surface area contributed by atoms with E-state index >= 15 is 0 Å². The minimum Gasteiger partial charge on any atom is -0.325 e. The Bertz CT molecular complexity index is 588. The molecule has 0 aromatic heterocycles. The number of nitrogens with one attached hydrogen (secondary N) is 2. The van der Waals surface area contributed by atoms with Crippen LogP contribution in [0.5, 0.6) is 0 Å². The summed E-state index contributed by atoms with van der Waals surface area (Å²) < 4.78 is 0. The summed E-state index contributed by atoms with van der Waals surface area (Å²) in [5, 5.41) is 5.90. The van der Waals surface area contributed by atoms with Crippen molar-refractivity contribution in [1.29, 1.82) is 0 Å². The van der Waals surface area contributed by atoms with Crippen LogP contribution in [0.1, 0.15) is 39.5 Å². The molecule has 6 nitrogen and oxygen atoms in total. The number of amides is 2. The van der Waals surface area contributed by atoms with Crippen LogP contribution in [0.2, 0.25) is 0 Å². The predicted octanol–water partition coefficient (Wildman–Crippen LogP) is 3.03. The fourth-order valence-electron chi connectivity index (χ4n) is 3.88. The highest BCUT2D eigenvalue weighted by Gasteiger charge is 2.19. The van der Waals surface area contributed by atoms with E-state index in [-0.39, 0.29) is 11.8 Å². The summed E-state index contributed by atoms with van der Waals surface area (Å²) >= 11 is 0. The molecular formula is C22H34N4O2. The van der Waals surface area contributed by atoms with Crippen molar-refractivity contribution >= 4 is 23.2 Å². The number of carbonyl (C=O) groups excluding carboxylic acids is 2. The molecule has 2 aliphatic rings. The third kappa shape index (κ3) is 6.60. The molecule has 0 aliphatic carbocycles. The summed E-state index contributed by atoms with van der Waals surface area (Å²) in [5.74, 6) is 1.57. The lowest BCUT2D eigenvalue weighted by molar-refractivity contribution is -0.118. The molecule has 2 heterocycles. The first kappa shape index (κ1) is 20.8. The fourth-order valence-corrected chi connectivity index (χ4v) is 3.88. The lowest BCUT2D eigenvalue weighted by atomic mass is 9.99. The first-order valence-electron chi connectivity index (χ1n) is 10.6. The molecule has 154 valence electrons. The van der Waals surface area contributed by atoms with Gasteiger partial charge < -0.3 is 10.6 Å². The van der Waals surface area contributed by atoms with Gasteiger partial charge in [-0.1, -0.05) is 13.8 Å². The largest absolute Gasteiger partial charge is 0.325 e. The molecule has 0 radical (unpaired) electrons. The second kappa shape index (κ2) is 10.0. The van der Waals surface area contributed by atoms with E-state index in [0.29, 0.717) is 13.1 Å². The first-order chi connectivity index (χ1) is 13.5. The highest BCUT2D eigenvalue weighted by molar-refractivity contribution is 5.94. The van der Waals surface area contributed by atoms with Crippen LogP contribution in [-0.2, 0) is 9.59 Å². The van der Waals surface area contributed by atoms with Crippen LogP contribution in [0.3, 0.4) is 0 Å². The van der Waals surface area contributed by atoms with Crippen LogP contribution in [0.15, 0.2) is 24.3 Å². The Morgan fingerprint density at radius 2 is 1.07 bits per heavy atom. The molecule has 1 aromatic rings. The maximum Gasteiger partial charge on any atom is 0.238 e. The molecule has 2 N–H and O–H groups in total. The SMILES string of the molecule is CC1CCN(CC(=O)Nc2ccc(NC(=O)CN3CCC(C)CC3)cc2)CC1. The normalized spacial score (nSPS) is 20.1. The highest BCUT2D eigenvalue weighted by atomic mass is 16.2. The molecule has 2 saturated heterocycles. The number of anilines is 2. The highest BCUT2D eigenvalue weighted by Crippen LogP contribution is 2.18. The molecule has 0 atom stereocenters. The van der Waals surface area contributed by atoms with Crippen LogP contribution < -0.4 is 10.6 Å². The molecular weight excluding hydrogens is 352 g/mol. The molecule has 28 heavy (non-hydrogen) atoms. The topological polar surface area (TPSA) is 64.7 Å². The number of hydrogen-bond acceptors (Lipinski definition) is 4. The lowest BCUT2D eigenvalue weighted by Crippen LogP contribution is -2.38. The zero-order chi connectivity index (χ0) is 19.9. The Morgan fingerprint density at radius 3 is 1.39 bits per heavy atom. The smallest absolute Gasteiger partial charge is 0.238 e. The van der Waals surface area contributed by atoms with Gasteiger partial charge in [0.05, 0.1) is 13.1 Å². The van der Waals surface area contributed by atoms with Gasteiger partial charge in [0.2, 0.25) is 11.8 Å². The van der Waals surface area contributed by atoms with Gasteiger partial charge in [0.25, 0.3) is 0 Å². The minimum absolute atomic E-state index is 0.0191. The van der Waals surface area contributed by atoms with Gasteiger partial charge in [-0.25, -0.2) is 0 Å². The van der Waals surface area contributed by atoms with E-state index in [2.05, 4.69) is 34.3 Å². The van der Waals surface area contributed by atoms with E-state index in [0.717, 1.165) is 75.1 Å². The number of piperidine rings is 2. The molecule has 3 rings (SSSR count). The van der Waals surface area contributed by atoms with Crippen LogP contribution >= 0.6 is 0 Å². The van der Waals surface area contributed by atoms with Crippen molar-refractivity contribution in [3.05, 3.63) is 24.3 Å². The summed E-state index contributed by atoms with van der Waals surface area (Å²) in [5.41, 5.74) is 1.52. The standard InChI is InChI=1S/C22H34N4O2/c1-17-7-11-25(12-8-17)15-21(27)23-19-3-5-20(6-4-19)24-22(28)16-26-13-9-18(2)10-14-26/h3-6,17-18H,7-16H2,1-2H3,(H,23,27)(H,24,28). The molecule has 0 spiro atoms. The number of nitrogens with zero attached hydrogens (tertiary/aromatic N) is 2. The third-order valence-electron chi connectivity index (χ3n) is 5.94. The number of likely N-dealkylation sites (tertiary alicyclic amines) is 2. The number of carbonyl (C=O) groups is 2. The third-order valence-corrected chi connectivity index (χ3v) is 5.94. The number of benzene rings is 1. The molecule has 1 aromatic carbocycles. The maximum atomic E-state index is 12.2. The summed E-state index contributed by atoms with van der Waals surface area (Å²) in [4.78, 5) is 28.9. The number of hydrogen-bond donors (Lipinski definition) is 2. The predicted molar refractivity (Wildman–Crippen MR) is 113 cm³/mol. The molecule has 2 aliphatic heterocycles. The van der Waals surface area contributed by atoms with Crippen molar-refractivity contribution in [2.24, 2.45) is 11.8 Å². The van der Waals surface area contributed by atoms with Crippen LogP contribution in [0.4, 0.5) is 11.4 Å².